The van der Waals surface area contributed by atoms with E-state index in [0.29, 0.717) is 28.0 Å². The number of benzene rings is 2. The summed E-state index contributed by atoms with van der Waals surface area (Å²) in [5.74, 6) is 0.960. The summed E-state index contributed by atoms with van der Waals surface area (Å²) in [6.07, 6.45) is 0. The number of ether oxygens (including phenoxy) is 2. The van der Waals surface area contributed by atoms with Gasteiger partial charge in [0.1, 0.15) is 17.3 Å². The molecule has 0 saturated heterocycles. The average molecular weight is 306 g/mol. The van der Waals surface area contributed by atoms with E-state index in [4.69, 9.17) is 21.7 Å². The van der Waals surface area contributed by atoms with Gasteiger partial charge >= 0.3 is 0 Å². The second-order valence-electron chi connectivity index (χ2n) is 4.19. The molecule has 0 aliphatic rings. The molecular weight excluding hydrogens is 291 g/mol. The van der Waals surface area contributed by atoms with Crippen molar-refractivity contribution in [2.45, 2.75) is 0 Å². The molecule has 110 valence electrons. The van der Waals surface area contributed by atoms with Crippen LogP contribution in [0.5, 0.6) is 11.5 Å². The Hall–Kier alpha value is -2.34. The van der Waals surface area contributed by atoms with Crippen molar-refractivity contribution < 1.29 is 13.9 Å². The van der Waals surface area contributed by atoms with Gasteiger partial charge in [0.15, 0.2) is 5.11 Å². The van der Waals surface area contributed by atoms with Gasteiger partial charge in [0.2, 0.25) is 0 Å². The Morgan fingerprint density at radius 3 is 2.14 bits per heavy atom. The van der Waals surface area contributed by atoms with E-state index in [1.807, 2.05) is 0 Å². The molecule has 0 aromatic heterocycles. The zero-order valence-electron chi connectivity index (χ0n) is 11.6. The van der Waals surface area contributed by atoms with Crippen LogP contribution in [0.3, 0.4) is 0 Å². The molecule has 0 atom stereocenters. The third kappa shape index (κ3) is 4.32. The second kappa shape index (κ2) is 6.90. The Morgan fingerprint density at radius 2 is 1.57 bits per heavy atom. The molecule has 0 bridgehead atoms. The molecule has 0 radical (unpaired) electrons. The van der Waals surface area contributed by atoms with Crippen LogP contribution in [0.1, 0.15) is 0 Å². The minimum Gasteiger partial charge on any atom is -0.497 e. The van der Waals surface area contributed by atoms with Crippen LogP contribution in [0.4, 0.5) is 15.8 Å². The molecule has 0 aliphatic carbocycles. The van der Waals surface area contributed by atoms with Crippen LogP contribution in [0.15, 0.2) is 42.5 Å². The highest BCUT2D eigenvalue weighted by molar-refractivity contribution is 7.80. The number of methoxy groups -OCH3 is 2. The maximum atomic E-state index is 13.1. The number of anilines is 2. The predicted octanol–water partition coefficient (Wildman–Crippen LogP) is 3.65. The smallest absolute Gasteiger partial charge is 0.175 e. The summed E-state index contributed by atoms with van der Waals surface area (Å²) in [4.78, 5) is 0. The first-order valence-corrected chi connectivity index (χ1v) is 6.58. The fourth-order valence-electron chi connectivity index (χ4n) is 1.74. The highest BCUT2D eigenvalue weighted by Gasteiger charge is 2.04. The molecule has 2 rings (SSSR count). The standard InChI is InChI=1S/C15H15FN2O2S/c1-19-13-7-12(8-14(9-13)20-2)18-15(21)17-11-5-3-4-10(16)6-11/h3-9H,1-2H3,(H2,17,18,21). The van der Waals surface area contributed by atoms with Crippen molar-refractivity contribution in [3.05, 3.63) is 48.3 Å². The van der Waals surface area contributed by atoms with Crippen LogP contribution >= 0.6 is 12.2 Å². The quantitative estimate of drug-likeness (QED) is 0.844. The lowest BCUT2D eigenvalue weighted by Gasteiger charge is -2.13. The minimum atomic E-state index is -0.328. The van der Waals surface area contributed by atoms with Gasteiger partial charge in [-0.15, -0.1) is 0 Å². The van der Waals surface area contributed by atoms with Crippen molar-refractivity contribution in [2.24, 2.45) is 0 Å². The molecule has 2 aromatic rings. The van der Waals surface area contributed by atoms with Crippen LogP contribution in [0.2, 0.25) is 0 Å². The molecule has 6 heteroatoms. The maximum absolute atomic E-state index is 13.1. The van der Waals surface area contributed by atoms with Crippen molar-refractivity contribution in [3.8, 4) is 11.5 Å². The first-order valence-electron chi connectivity index (χ1n) is 6.17. The first kappa shape index (κ1) is 15.1. The Balaban J connectivity index is 2.08. The van der Waals surface area contributed by atoms with E-state index in [9.17, 15) is 4.39 Å². The fraction of sp³-hybridized carbons (Fsp3) is 0.133. The predicted molar refractivity (Wildman–Crippen MR) is 85.8 cm³/mol. The van der Waals surface area contributed by atoms with Gasteiger partial charge in [-0.05, 0) is 30.4 Å². The summed E-state index contributed by atoms with van der Waals surface area (Å²) < 4.78 is 23.5. The first-order chi connectivity index (χ1) is 10.1. The highest BCUT2D eigenvalue weighted by atomic mass is 32.1. The Labute approximate surface area is 127 Å². The highest BCUT2D eigenvalue weighted by Crippen LogP contribution is 2.25. The third-order valence-electron chi connectivity index (χ3n) is 2.69. The lowest BCUT2D eigenvalue weighted by molar-refractivity contribution is 0.395. The lowest BCUT2D eigenvalue weighted by Crippen LogP contribution is -2.19. The Kier molecular flexibility index (Phi) is 4.94. The van der Waals surface area contributed by atoms with Crippen LogP contribution in [-0.4, -0.2) is 19.3 Å². The maximum Gasteiger partial charge on any atom is 0.175 e. The van der Waals surface area contributed by atoms with Gasteiger partial charge in [0, 0.05) is 29.6 Å². The SMILES string of the molecule is COc1cc(NC(=S)Nc2cccc(F)c2)cc(OC)c1. The van der Waals surface area contributed by atoms with E-state index in [-0.39, 0.29) is 5.82 Å². The summed E-state index contributed by atoms with van der Waals surface area (Å²) in [5, 5.41) is 6.25. The van der Waals surface area contributed by atoms with Gasteiger partial charge in [-0.25, -0.2) is 4.39 Å². The Morgan fingerprint density at radius 1 is 0.952 bits per heavy atom. The summed E-state index contributed by atoms with van der Waals surface area (Å²) >= 11 is 5.19. The summed E-state index contributed by atoms with van der Waals surface area (Å²) in [5.41, 5.74) is 1.28. The van der Waals surface area contributed by atoms with E-state index in [0.717, 1.165) is 0 Å². The number of nitrogens with one attached hydrogen (secondary N) is 2. The number of hydrogen-bond acceptors (Lipinski definition) is 3. The topological polar surface area (TPSA) is 42.5 Å². The molecule has 0 heterocycles. The molecule has 2 N–H and O–H groups in total. The van der Waals surface area contributed by atoms with Crippen molar-refractivity contribution in [3.63, 3.8) is 0 Å². The van der Waals surface area contributed by atoms with Crippen molar-refractivity contribution in [1.29, 1.82) is 0 Å². The second-order valence-corrected chi connectivity index (χ2v) is 4.60. The van der Waals surface area contributed by atoms with Crippen molar-refractivity contribution in [2.75, 3.05) is 24.9 Å². The Bertz CT molecular complexity index is 627. The van der Waals surface area contributed by atoms with E-state index in [1.54, 1.807) is 44.6 Å². The molecule has 0 fully saturated rings. The van der Waals surface area contributed by atoms with Crippen LogP contribution < -0.4 is 20.1 Å². The van der Waals surface area contributed by atoms with E-state index < -0.39 is 0 Å². The minimum absolute atomic E-state index is 0.328. The monoisotopic (exact) mass is 306 g/mol. The number of halogens is 1. The number of hydrogen-bond donors (Lipinski definition) is 2. The third-order valence-corrected chi connectivity index (χ3v) is 2.90. The molecule has 0 saturated carbocycles. The molecule has 21 heavy (non-hydrogen) atoms. The zero-order chi connectivity index (χ0) is 15.2. The van der Waals surface area contributed by atoms with Crippen LogP contribution in [0, 0.1) is 5.82 Å². The summed E-state index contributed by atoms with van der Waals surface area (Å²) in [6, 6.07) is 11.4. The summed E-state index contributed by atoms with van der Waals surface area (Å²) in [6.45, 7) is 0. The molecule has 4 nitrogen and oxygen atoms in total. The van der Waals surface area contributed by atoms with Gasteiger partial charge in [0.05, 0.1) is 14.2 Å². The van der Waals surface area contributed by atoms with Gasteiger partial charge in [0.25, 0.3) is 0 Å². The van der Waals surface area contributed by atoms with Crippen molar-refractivity contribution in [1.82, 2.24) is 0 Å². The number of thiocarbonyl (C=S) groups is 1. The largest absolute Gasteiger partial charge is 0.497 e. The van der Waals surface area contributed by atoms with Crippen LogP contribution in [0.25, 0.3) is 0 Å². The van der Waals surface area contributed by atoms with Gasteiger partial charge < -0.3 is 20.1 Å². The molecule has 2 aromatic carbocycles. The van der Waals surface area contributed by atoms with E-state index >= 15 is 0 Å². The number of rotatable bonds is 4. The van der Waals surface area contributed by atoms with E-state index in [1.165, 1.54) is 12.1 Å². The van der Waals surface area contributed by atoms with Gasteiger partial charge in [-0.2, -0.15) is 0 Å². The lowest BCUT2D eigenvalue weighted by atomic mass is 10.3. The fourth-order valence-corrected chi connectivity index (χ4v) is 1.97. The normalized spacial score (nSPS) is 9.86. The van der Waals surface area contributed by atoms with Gasteiger partial charge in [-0.1, -0.05) is 6.07 Å². The van der Waals surface area contributed by atoms with Gasteiger partial charge in [-0.3, -0.25) is 0 Å². The zero-order valence-corrected chi connectivity index (χ0v) is 12.5. The molecule has 0 amide bonds. The molecule has 0 aliphatic heterocycles. The van der Waals surface area contributed by atoms with Crippen LogP contribution in [-0.2, 0) is 0 Å². The molecule has 0 spiro atoms. The average Bonchev–Trinajstić information content (AvgIpc) is 2.46. The van der Waals surface area contributed by atoms with E-state index in [2.05, 4.69) is 10.6 Å². The molecule has 0 unspecified atom stereocenters. The molecular formula is C15H15FN2O2S. The summed E-state index contributed by atoms with van der Waals surface area (Å²) in [7, 11) is 3.14. The van der Waals surface area contributed by atoms with Crippen molar-refractivity contribution >= 4 is 28.7 Å².